The second-order valence-electron chi connectivity index (χ2n) is 8.23. The molecule has 2 aliphatic rings. The molecule has 2 aromatic heterocycles. The van der Waals surface area contributed by atoms with Gasteiger partial charge in [-0.05, 0) is 36.2 Å². The highest BCUT2D eigenvalue weighted by atomic mass is 32.2. The number of carbonyl (C=O) groups is 1. The standard InChI is InChI=1S/C21H21F2N5O3S/c22-14-3-1-2-13(8-14)17-9-15(23)11-27(17)20-5-4-19-24-10-18(28(19)26-20)21(29)25-16-6-7-32(30,31)12-16/h1-5,8,10,15-17H,6-7,9,11-12H2,(H,25,29). The molecule has 0 spiro atoms. The Morgan fingerprint density at radius 3 is 2.81 bits per heavy atom. The third kappa shape index (κ3) is 3.92. The predicted octanol–water partition coefficient (Wildman–Crippen LogP) is 2.07. The number of imidazole rings is 1. The Morgan fingerprint density at radius 2 is 2.06 bits per heavy atom. The number of rotatable bonds is 4. The lowest BCUT2D eigenvalue weighted by Gasteiger charge is -2.25. The van der Waals surface area contributed by atoms with Crippen molar-refractivity contribution in [3.63, 3.8) is 0 Å². The molecule has 5 rings (SSSR count). The van der Waals surface area contributed by atoms with E-state index in [0.717, 1.165) is 0 Å². The van der Waals surface area contributed by atoms with Crippen LogP contribution in [0.2, 0.25) is 0 Å². The number of aromatic nitrogens is 3. The van der Waals surface area contributed by atoms with E-state index in [0.29, 0.717) is 23.4 Å². The first kappa shape index (κ1) is 20.8. The van der Waals surface area contributed by atoms with E-state index in [4.69, 9.17) is 0 Å². The quantitative estimate of drug-likeness (QED) is 0.639. The molecule has 3 unspecified atom stereocenters. The molecule has 32 heavy (non-hydrogen) atoms. The van der Waals surface area contributed by atoms with Crippen LogP contribution in [-0.4, -0.2) is 59.2 Å². The summed E-state index contributed by atoms with van der Waals surface area (Å²) in [5.74, 6) is -0.475. The van der Waals surface area contributed by atoms with Crippen molar-refractivity contribution in [1.29, 1.82) is 0 Å². The van der Waals surface area contributed by atoms with Gasteiger partial charge in [-0.15, -0.1) is 5.10 Å². The third-order valence-corrected chi connectivity index (χ3v) is 7.69. The molecule has 0 saturated carbocycles. The third-order valence-electron chi connectivity index (χ3n) is 5.93. The van der Waals surface area contributed by atoms with E-state index in [2.05, 4.69) is 15.4 Å². The number of amides is 1. The molecule has 0 aliphatic carbocycles. The molecule has 8 nitrogen and oxygen atoms in total. The van der Waals surface area contributed by atoms with Crippen LogP contribution in [0, 0.1) is 5.82 Å². The molecule has 168 valence electrons. The number of nitrogens with one attached hydrogen (secondary N) is 1. The molecule has 4 heterocycles. The zero-order valence-electron chi connectivity index (χ0n) is 17.0. The molecule has 0 bridgehead atoms. The summed E-state index contributed by atoms with van der Waals surface area (Å²) in [6.45, 7) is 0.0931. The van der Waals surface area contributed by atoms with Gasteiger partial charge in [0.15, 0.2) is 21.2 Å². The Kier molecular flexibility index (Phi) is 5.07. The lowest BCUT2D eigenvalue weighted by molar-refractivity contribution is 0.0934. The maximum atomic E-state index is 14.4. The van der Waals surface area contributed by atoms with Crippen molar-refractivity contribution in [3.05, 3.63) is 59.7 Å². The Bertz CT molecular complexity index is 1300. The molecule has 2 aliphatic heterocycles. The molecular weight excluding hydrogens is 440 g/mol. The van der Waals surface area contributed by atoms with E-state index in [1.54, 1.807) is 29.2 Å². The molecule has 0 radical (unpaired) electrons. The zero-order chi connectivity index (χ0) is 22.5. The Hall–Kier alpha value is -3.08. The molecule has 1 N–H and O–H groups in total. The molecule has 1 aromatic carbocycles. The lowest BCUT2D eigenvalue weighted by atomic mass is 10.0. The van der Waals surface area contributed by atoms with Crippen molar-refractivity contribution >= 4 is 27.2 Å². The number of halogens is 2. The predicted molar refractivity (Wildman–Crippen MR) is 114 cm³/mol. The monoisotopic (exact) mass is 461 g/mol. The number of sulfone groups is 1. The van der Waals surface area contributed by atoms with E-state index < -0.39 is 39.8 Å². The first-order chi connectivity index (χ1) is 15.3. The van der Waals surface area contributed by atoms with Gasteiger partial charge >= 0.3 is 0 Å². The molecule has 3 atom stereocenters. The van der Waals surface area contributed by atoms with E-state index in [1.807, 2.05) is 0 Å². The molecule has 2 fully saturated rings. The van der Waals surface area contributed by atoms with Crippen LogP contribution in [0.1, 0.15) is 34.9 Å². The van der Waals surface area contributed by atoms with Crippen molar-refractivity contribution < 1.29 is 22.0 Å². The van der Waals surface area contributed by atoms with Gasteiger partial charge in [0.25, 0.3) is 5.91 Å². The fraction of sp³-hybridized carbons (Fsp3) is 0.381. The van der Waals surface area contributed by atoms with Crippen molar-refractivity contribution in [3.8, 4) is 0 Å². The number of nitrogens with zero attached hydrogens (tertiary/aromatic N) is 4. The van der Waals surface area contributed by atoms with Crippen LogP contribution in [0.5, 0.6) is 0 Å². The summed E-state index contributed by atoms with van der Waals surface area (Å²) >= 11 is 0. The van der Waals surface area contributed by atoms with Crippen LogP contribution in [-0.2, 0) is 9.84 Å². The van der Waals surface area contributed by atoms with Crippen molar-refractivity contribution in [2.24, 2.45) is 0 Å². The Labute approximate surface area is 183 Å². The van der Waals surface area contributed by atoms with Crippen LogP contribution in [0.3, 0.4) is 0 Å². The first-order valence-corrected chi connectivity index (χ1v) is 12.1. The van der Waals surface area contributed by atoms with E-state index in [1.165, 1.54) is 22.8 Å². The van der Waals surface area contributed by atoms with Gasteiger partial charge in [0.05, 0.1) is 30.3 Å². The van der Waals surface area contributed by atoms with Gasteiger partial charge in [0.2, 0.25) is 0 Å². The normalized spacial score (nSPS) is 24.8. The summed E-state index contributed by atoms with van der Waals surface area (Å²) < 4.78 is 52.8. The summed E-state index contributed by atoms with van der Waals surface area (Å²) in [7, 11) is -3.13. The minimum Gasteiger partial charge on any atom is -0.347 e. The molecule has 3 aromatic rings. The number of hydrogen-bond donors (Lipinski definition) is 1. The maximum absolute atomic E-state index is 14.4. The average molecular weight is 461 g/mol. The number of alkyl halides is 1. The van der Waals surface area contributed by atoms with Gasteiger partial charge in [0.1, 0.15) is 17.8 Å². The lowest BCUT2D eigenvalue weighted by Crippen LogP contribution is -2.36. The minimum atomic E-state index is -3.13. The highest BCUT2D eigenvalue weighted by Crippen LogP contribution is 2.36. The summed E-state index contributed by atoms with van der Waals surface area (Å²) in [5.41, 5.74) is 1.23. The van der Waals surface area contributed by atoms with Crippen LogP contribution in [0.25, 0.3) is 5.65 Å². The Balaban J connectivity index is 1.44. The maximum Gasteiger partial charge on any atom is 0.271 e. The van der Waals surface area contributed by atoms with Crippen molar-refractivity contribution in [2.45, 2.75) is 31.1 Å². The van der Waals surface area contributed by atoms with Crippen LogP contribution in [0.15, 0.2) is 42.6 Å². The molecule has 11 heteroatoms. The minimum absolute atomic E-state index is 0.0499. The smallest absolute Gasteiger partial charge is 0.271 e. The fourth-order valence-corrected chi connectivity index (χ4v) is 6.08. The van der Waals surface area contributed by atoms with Gasteiger partial charge in [-0.1, -0.05) is 12.1 Å². The average Bonchev–Trinajstić information content (AvgIpc) is 3.43. The van der Waals surface area contributed by atoms with E-state index in [-0.39, 0.29) is 30.2 Å². The van der Waals surface area contributed by atoms with Gasteiger partial charge < -0.3 is 10.2 Å². The summed E-state index contributed by atoms with van der Waals surface area (Å²) in [5, 5.41) is 7.25. The second kappa shape index (κ2) is 7.80. The van der Waals surface area contributed by atoms with E-state index >= 15 is 0 Å². The van der Waals surface area contributed by atoms with Gasteiger partial charge in [0, 0.05) is 12.5 Å². The van der Waals surface area contributed by atoms with Gasteiger partial charge in [-0.2, -0.15) is 0 Å². The Morgan fingerprint density at radius 1 is 1.22 bits per heavy atom. The molecule has 1 amide bonds. The fourth-order valence-electron chi connectivity index (χ4n) is 4.41. The topological polar surface area (TPSA) is 96.7 Å². The number of hydrogen-bond acceptors (Lipinski definition) is 6. The number of carbonyl (C=O) groups excluding carboxylic acids is 1. The SMILES string of the molecule is O=C(NC1CCS(=O)(=O)C1)c1cnc2ccc(N3CC(F)CC3c3cccc(F)c3)nn12. The molecular formula is C21H21F2N5O3S. The van der Waals surface area contributed by atoms with Crippen molar-refractivity contribution in [1.82, 2.24) is 19.9 Å². The van der Waals surface area contributed by atoms with Crippen LogP contribution >= 0.6 is 0 Å². The van der Waals surface area contributed by atoms with Gasteiger partial charge in [-0.25, -0.2) is 26.7 Å². The highest BCUT2D eigenvalue weighted by Gasteiger charge is 2.35. The number of fused-ring (bicyclic) bond motifs is 1. The number of anilines is 1. The summed E-state index contributed by atoms with van der Waals surface area (Å²) in [6.07, 6.45) is 0.841. The number of benzene rings is 1. The molecule has 2 saturated heterocycles. The summed E-state index contributed by atoms with van der Waals surface area (Å²) in [6, 6.07) is 8.59. The second-order valence-corrected chi connectivity index (χ2v) is 10.5. The van der Waals surface area contributed by atoms with Gasteiger partial charge in [-0.3, -0.25) is 4.79 Å². The van der Waals surface area contributed by atoms with Crippen LogP contribution in [0.4, 0.5) is 14.6 Å². The van der Waals surface area contributed by atoms with Crippen molar-refractivity contribution in [2.75, 3.05) is 23.0 Å². The first-order valence-electron chi connectivity index (χ1n) is 10.3. The summed E-state index contributed by atoms with van der Waals surface area (Å²) in [4.78, 5) is 18.7. The van der Waals surface area contributed by atoms with Crippen LogP contribution < -0.4 is 10.2 Å². The zero-order valence-corrected chi connectivity index (χ0v) is 17.8. The highest BCUT2D eigenvalue weighted by molar-refractivity contribution is 7.91. The largest absolute Gasteiger partial charge is 0.347 e. The van der Waals surface area contributed by atoms with E-state index in [9.17, 15) is 22.0 Å².